The van der Waals surface area contributed by atoms with Crippen LogP contribution in [0.1, 0.15) is 18.4 Å². The first-order valence-corrected chi connectivity index (χ1v) is 9.78. The number of thiophene rings is 1. The summed E-state index contributed by atoms with van der Waals surface area (Å²) in [5, 5.41) is 5.99. The highest BCUT2D eigenvalue weighted by atomic mass is 32.1. The first kappa shape index (κ1) is 17.9. The minimum atomic E-state index is -0.639. The Morgan fingerprint density at radius 3 is 2.81 bits per heavy atom. The number of anilines is 1. The highest BCUT2D eigenvalue weighted by Crippen LogP contribution is 2.31. The lowest BCUT2D eigenvalue weighted by molar-refractivity contribution is -0.125. The molecule has 7 heteroatoms. The average molecular weight is 387 g/mol. The minimum Gasteiger partial charge on any atom is -0.356 e. The van der Waals surface area contributed by atoms with Crippen LogP contribution in [0.15, 0.2) is 41.9 Å². The van der Waals surface area contributed by atoms with Gasteiger partial charge in [-0.25, -0.2) is 13.8 Å². The van der Waals surface area contributed by atoms with Crippen molar-refractivity contribution in [1.82, 2.24) is 10.3 Å². The number of pyridine rings is 1. The Morgan fingerprint density at radius 1 is 1.22 bits per heavy atom. The van der Waals surface area contributed by atoms with Crippen LogP contribution in [-0.4, -0.2) is 24.0 Å². The van der Waals surface area contributed by atoms with Crippen LogP contribution in [0.3, 0.4) is 0 Å². The maximum absolute atomic E-state index is 13.7. The fourth-order valence-electron chi connectivity index (χ4n) is 3.48. The van der Waals surface area contributed by atoms with Crippen molar-refractivity contribution in [1.29, 1.82) is 0 Å². The number of nitrogens with one attached hydrogen (secondary N) is 1. The molecule has 3 heterocycles. The first-order chi connectivity index (χ1) is 13.1. The van der Waals surface area contributed by atoms with E-state index < -0.39 is 11.6 Å². The van der Waals surface area contributed by atoms with Crippen molar-refractivity contribution >= 4 is 33.1 Å². The van der Waals surface area contributed by atoms with Crippen molar-refractivity contribution in [2.45, 2.75) is 19.4 Å². The van der Waals surface area contributed by atoms with Gasteiger partial charge >= 0.3 is 0 Å². The van der Waals surface area contributed by atoms with Crippen molar-refractivity contribution in [2.24, 2.45) is 5.92 Å². The van der Waals surface area contributed by atoms with E-state index in [9.17, 15) is 13.6 Å². The number of halogens is 2. The van der Waals surface area contributed by atoms with Gasteiger partial charge in [-0.1, -0.05) is 6.07 Å². The van der Waals surface area contributed by atoms with Crippen LogP contribution in [0.4, 0.5) is 14.6 Å². The second-order valence-corrected chi connectivity index (χ2v) is 7.63. The Kier molecular flexibility index (Phi) is 5.03. The van der Waals surface area contributed by atoms with E-state index in [0.717, 1.165) is 43.2 Å². The second kappa shape index (κ2) is 7.60. The van der Waals surface area contributed by atoms with E-state index in [2.05, 4.69) is 26.6 Å². The lowest BCUT2D eigenvalue weighted by atomic mass is 9.95. The predicted molar refractivity (Wildman–Crippen MR) is 103 cm³/mol. The molecule has 1 saturated heterocycles. The topological polar surface area (TPSA) is 45.2 Å². The first-order valence-electron chi connectivity index (χ1n) is 8.90. The minimum absolute atomic E-state index is 0.0704. The van der Waals surface area contributed by atoms with Gasteiger partial charge in [0.05, 0.1) is 0 Å². The van der Waals surface area contributed by atoms with E-state index in [4.69, 9.17) is 0 Å². The maximum atomic E-state index is 13.7. The number of carbonyl (C=O) groups is 1. The predicted octanol–water partition coefficient (Wildman–Crippen LogP) is 4.11. The number of hydrogen-bond donors (Lipinski definition) is 1. The third kappa shape index (κ3) is 3.78. The number of carbonyl (C=O) groups excluding carboxylic acids is 1. The van der Waals surface area contributed by atoms with Gasteiger partial charge in [-0.05, 0) is 36.4 Å². The zero-order chi connectivity index (χ0) is 18.8. The molecule has 1 aliphatic rings. The largest absolute Gasteiger partial charge is 0.356 e. The summed E-state index contributed by atoms with van der Waals surface area (Å²) in [6.45, 7) is 1.58. The van der Waals surface area contributed by atoms with Crippen LogP contribution in [-0.2, 0) is 11.3 Å². The summed E-state index contributed by atoms with van der Waals surface area (Å²) < 4.78 is 27.8. The lowest BCUT2D eigenvalue weighted by Gasteiger charge is -2.32. The second-order valence-electron chi connectivity index (χ2n) is 6.68. The normalized spacial score (nSPS) is 15.3. The SMILES string of the molecule is O=C(NCc1ccc(F)cc1F)C1CCN(c2nccc3sccc23)CC1. The molecule has 0 bridgehead atoms. The summed E-state index contributed by atoms with van der Waals surface area (Å²) in [6, 6.07) is 7.48. The molecule has 1 N–H and O–H groups in total. The number of aromatic nitrogens is 1. The molecule has 3 aromatic rings. The fourth-order valence-corrected chi connectivity index (χ4v) is 4.25. The van der Waals surface area contributed by atoms with Gasteiger partial charge in [-0.15, -0.1) is 11.3 Å². The highest BCUT2D eigenvalue weighted by Gasteiger charge is 2.26. The van der Waals surface area contributed by atoms with Crippen LogP contribution in [0.25, 0.3) is 10.1 Å². The Labute approximate surface area is 159 Å². The van der Waals surface area contributed by atoms with Crippen LogP contribution in [0.5, 0.6) is 0 Å². The molecule has 0 unspecified atom stereocenters. The van der Waals surface area contributed by atoms with E-state index in [1.165, 1.54) is 16.8 Å². The molecule has 0 saturated carbocycles. The van der Waals surface area contributed by atoms with Gasteiger partial charge < -0.3 is 10.2 Å². The van der Waals surface area contributed by atoms with E-state index in [0.29, 0.717) is 0 Å². The zero-order valence-electron chi connectivity index (χ0n) is 14.6. The summed E-state index contributed by atoms with van der Waals surface area (Å²) in [6.07, 6.45) is 3.27. The van der Waals surface area contributed by atoms with E-state index in [1.54, 1.807) is 11.3 Å². The summed E-state index contributed by atoms with van der Waals surface area (Å²) in [4.78, 5) is 19.2. The molecule has 0 spiro atoms. The molecule has 4 nitrogen and oxygen atoms in total. The number of piperidine rings is 1. The third-order valence-electron chi connectivity index (χ3n) is 4.99. The van der Waals surface area contributed by atoms with Gasteiger partial charge in [0.15, 0.2) is 0 Å². The van der Waals surface area contributed by atoms with Gasteiger partial charge in [0.25, 0.3) is 0 Å². The van der Waals surface area contributed by atoms with E-state index in [1.807, 2.05) is 12.3 Å². The zero-order valence-corrected chi connectivity index (χ0v) is 15.4. The Morgan fingerprint density at radius 2 is 2.04 bits per heavy atom. The molecular formula is C20H19F2N3OS. The highest BCUT2D eigenvalue weighted by molar-refractivity contribution is 7.17. The molecule has 27 heavy (non-hydrogen) atoms. The van der Waals surface area contributed by atoms with Crippen molar-refractivity contribution in [3.63, 3.8) is 0 Å². The molecule has 0 atom stereocenters. The van der Waals surface area contributed by atoms with Gasteiger partial charge in [-0.2, -0.15) is 0 Å². The summed E-state index contributed by atoms with van der Waals surface area (Å²) >= 11 is 1.69. The van der Waals surface area contributed by atoms with Crippen LogP contribution in [0, 0.1) is 17.6 Å². The van der Waals surface area contributed by atoms with E-state index >= 15 is 0 Å². The summed E-state index contributed by atoms with van der Waals surface area (Å²) in [5.74, 6) is -0.475. The number of rotatable bonds is 4. The molecule has 0 radical (unpaired) electrons. The molecule has 1 aromatic carbocycles. The molecule has 1 aliphatic heterocycles. The Bertz CT molecular complexity index is 967. The Hall–Kier alpha value is -2.54. The van der Waals surface area contributed by atoms with Crippen LogP contribution in [0.2, 0.25) is 0 Å². The monoisotopic (exact) mass is 387 g/mol. The number of nitrogens with zero attached hydrogens (tertiary/aromatic N) is 2. The molecule has 0 aliphatic carbocycles. The maximum Gasteiger partial charge on any atom is 0.223 e. The Balaban J connectivity index is 1.35. The van der Waals surface area contributed by atoms with Gasteiger partial charge in [0.2, 0.25) is 5.91 Å². The smallest absolute Gasteiger partial charge is 0.223 e. The van der Waals surface area contributed by atoms with E-state index in [-0.39, 0.29) is 23.9 Å². The lowest BCUT2D eigenvalue weighted by Crippen LogP contribution is -2.40. The van der Waals surface area contributed by atoms with Crippen LogP contribution < -0.4 is 10.2 Å². The van der Waals surface area contributed by atoms with Crippen LogP contribution >= 0.6 is 11.3 Å². The number of fused-ring (bicyclic) bond motifs is 1. The molecular weight excluding hydrogens is 368 g/mol. The van der Waals surface area contributed by atoms with Crippen molar-refractivity contribution in [3.05, 3.63) is 59.1 Å². The molecule has 4 rings (SSSR count). The number of amides is 1. The molecule has 1 fully saturated rings. The third-order valence-corrected chi connectivity index (χ3v) is 5.87. The number of benzene rings is 1. The molecule has 140 valence electrons. The summed E-state index contributed by atoms with van der Waals surface area (Å²) in [7, 11) is 0. The van der Waals surface area contributed by atoms with Gasteiger partial charge in [0.1, 0.15) is 17.5 Å². The molecule has 1 amide bonds. The average Bonchev–Trinajstić information content (AvgIpc) is 3.16. The van der Waals surface area contributed by atoms with Gasteiger partial charge in [-0.3, -0.25) is 4.79 Å². The molecule has 2 aromatic heterocycles. The quantitative estimate of drug-likeness (QED) is 0.733. The fraction of sp³-hybridized carbons (Fsp3) is 0.300. The van der Waals surface area contributed by atoms with Crippen molar-refractivity contribution < 1.29 is 13.6 Å². The standard InChI is InChI=1S/C20H19F2N3OS/c21-15-2-1-14(17(22)11-15)12-24-20(26)13-4-8-25(9-5-13)19-16-6-10-27-18(16)3-7-23-19/h1-3,6-7,10-11,13H,4-5,8-9,12H2,(H,24,26). The van der Waals surface area contributed by atoms with Gasteiger partial charge in [0, 0.05) is 53.5 Å². The summed E-state index contributed by atoms with van der Waals surface area (Å²) in [5.41, 5.74) is 0.288. The van der Waals surface area contributed by atoms with Crippen molar-refractivity contribution in [2.75, 3.05) is 18.0 Å². The van der Waals surface area contributed by atoms with Crippen molar-refractivity contribution in [3.8, 4) is 0 Å². The number of hydrogen-bond acceptors (Lipinski definition) is 4.